The Morgan fingerprint density at radius 3 is 2.55 bits per heavy atom. The van der Waals surface area contributed by atoms with Crippen molar-refractivity contribution in [2.45, 2.75) is 32.2 Å². The van der Waals surface area contributed by atoms with Gasteiger partial charge in [-0.05, 0) is 18.1 Å². The van der Waals surface area contributed by atoms with Crippen LogP contribution in [0.2, 0.25) is 5.15 Å². The Kier molecular flexibility index (Phi) is 10.6. The van der Waals surface area contributed by atoms with E-state index in [-0.39, 0.29) is 24.8 Å². The zero-order valence-electron chi connectivity index (χ0n) is 11.8. The van der Waals surface area contributed by atoms with Crippen LogP contribution in [-0.2, 0) is 0 Å². The van der Waals surface area contributed by atoms with E-state index < -0.39 is 0 Å². The number of hydrogen-bond donors (Lipinski definition) is 1. The summed E-state index contributed by atoms with van der Waals surface area (Å²) in [5.74, 6) is 0. The van der Waals surface area contributed by atoms with Crippen LogP contribution in [0.3, 0.4) is 0 Å². The molecule has 2 heterocycles. The molecular formula is C14H24Cl3N3. The second-order valence-corrected chi connectivity index (χ2v) is 5.25. The number of halogens is 3. The minimum Gasteiger partial charge on any atom is -0.314 e. The standard InChI is InChI=1S/C14H22ClN3.2ClH/c1-2-3-4-13(18-9-7-16-8-10-18)12-5-6-14(15)17-11-12;;/h5-6,11,13,16H,2-4,7-10H2,1H3;2*1H/t13-;;/m1../s1. The van der Waals surface area contributed by atoms with Crippen molar-refractivity contribution in [3.8, 4) is 0 Å². The first kappa shape index (κ1) is 19.9. The largest absolute Gasteiger partial charge is 0.314 e. The van der Waals surface area contributed by atoms with E-state index in [0.717, 1.165) is 26.2 Å². The van der Waals surface area contributed by atoms with E-state index in [9.17, 15) is 0 Å². The molecular weight excluding hydrogens is 317 g/mol. The van der Waals surface area contributed by atoms with E-state index in [4.69, 9.17) is 11.6 Å². The third-order valence-corrected chi connectivity index (χ3v) is 3.78. The Balaban J connectivity index is 0.00000180. The average Bonchev–Trinajstić information content (AvgIpc) is 2.42. The molecule has 1 fully saturated rings. The number of aromatic nitrogens is 1. The molecule has 0 bridgehead atoms. The van der Waals surface area contributed by atoms with Crippen LogP contribution in [0.15, 0.2) is 18.3 Å². The molecule has 1 aromatic rings. The molecule has 1 atom stereocenters. The van der Waals surface area contributed by atoms with Gasteiger partial charge in [0, 0.05) is 38.4 Å². The molecule has 0 saturated carbocycles. The number of piperazine rings is 1. The van der Waals surface area contributed by atoms with Gasteiger partial charge >= 0.3 is 0 Å². The smallest absolute Gasteiger partial charge is 0.129 e. The zero-order valence-corrected chi connectivity index (χ0v) is 14.2. The summed E-state index contributed by atoms with van der Waals surface area (Å²) in [7, 11) is 0. The van der Waals surface area contributed by atoms with Gasteiger partial charge in [-0.2, -0.15) is 0 Å². The lowest BCUT2D eigenvalue weighted by atomic mass is 10.0. The van der Waals surface area contributed by atoms with Crippen molar-refractivity contribution in [3.63, 3.8) is 0 Å². The van der Waals surface area contributed by atoms with Crippen LogP contribution < -0.4 is 5.32 Å². The number of unbranched alkanes of at least 4 members (excludes halogenated alkanes) is 1. The van der Waals surface area contributed by atoms with Crippen molar-refractivity contribution in [2.24, 2.45) is 0 Å². The Hall–Kier alpha value is -0.0600. The van der Waals surface area contributed by atoms with Crippen LogP contribution in [-0.4, -0.2) is 36.1 Å². The van der Waals surface area contributed by atoms with Gasteiger partial charge in [-0.15, -0.1) is 24.8 Å². The molecule has 20 heavy (non-hydrogen) atoms. The summed E-state index contributed by atoms with van der Waals surface area (Å²) < 4.78 is 0. The third-order valence-electron chi connectivity index (χ3n) is 3.56. The van der Waals surface area contributed by atoms with Gasteiger partial charge in [0.15, 0.2) is 0 Å². The van der Waals surface area contributed by atoms with E-state index >= 15 is 0 Å². The van der Waals surface area contributed by atoms with Gasteiger partial charge in [-0.3, -0.25) is 4.90 Å². The van der Waals surface area contributed by atoms with Crippen LogP contribution in [0.25, 0.3) is 0 Å². The Bertz CT molecular complexity index is 353. The molecule has 1 N–H and O–H groups in total. The molecule has 0 aromatic carbocycles. The van der Waals surface area contributed by atoms with Crippen molar-refractivity contribution < 1.29 is 0 Å². The van der Waals surface area contributed by atoms with Crippen LogP contribution in [0.5, 0.6) is 0 Å². The maximum Gasteiger partial charge on any atom is 0.129 e. The number of pyridine rings is 1. The SMILES string of the molecule is CCCC[C@H](c1ccc(Cl)nc1)N1CCNCC1.Cl.Cl. The van der Waals surface area contributed by atoms with Gasteiger partial charge < -0.3 is 5.32 Å². The van der Waals surface area contributed by atoms with Crippen molar-refractivity contribution in [1.82, 2.24) is 15.2 Å². The van der Waals surface area contributed by atoms with Crippen molar-refractivity contribution in [2.75, 3.05) is 26.2 Å². The fourth-order valence-corrected chi connectivity index (χ4v) is 2.65. The highest BCUT2D eigenvalue weighted by Gasteiger charge is 2.21. The molecule has 0 radical (unpaired) electrons. The van der Waals surface area contributed by atoms with E-state index in [1.54, 1.807) is 0 Å². The van der Waals surface area contributed by atoms with E-state index in [2.05, 4.69) is 28.2 Å². The van der Waals surface area contributed by atoms with E-state index in [1.807, 2.05) is 12.3 Å². The predicted octanol–water partition coefficient (Wildman–Crippen LogP) is 3.72. The summed E-state index contributed by atoms with van der Waals surface area (Å²) in [5, 5.41) is 3.98. The number of nitrogens with zero attached hydrogens (tertiary/aromatic N) is 2. The number of nitrogens with one attached hydrogen (secondary N) is 1. The second kappa shape index (κ2) is 10.6. The summed E-state index contributed by atoms with van der Waals surface area (Å²) in [6.07, 6.45) is 5.64. The van der Waals surface area contributed by atoms with Crippen LogP contribution in [0.4, 0.5) is 0 Å². The van der Waals surface area contributed by atoms with Crippen LogP contribution in [0, 0.1) is 0 Å². The summed E-state index contributed by atoms with van der Waals surface area (Å²) in [4.78, 5) is 6.79. The van der Waals surface area contributed by atoms with Gasteiger partial charge in [0.2, 0.25) is 0 Å². The minimum absolute atomic E-state index is 0. The topological polar surface area (TPSA) is 28.2 Å². The van der Waals surface area contributed by atoms with Crippen LogP contribution >= 0.6 is 36.4 Å². The first-order valence-electron chi connectivity index (χ1n) is 6.87. The Morgan fingerprint density at radius 2 is 2.00 bits per heavy atom. The van der Waals surface area contributed by atoms with Gasteiger partial charge in [0.05, 0.1) is 0 Å². The highest BCUT2D eigenvalue weighted by molar-refractivity contribution is 6.29. The second-order valence-electron chi connectivity index (χ2n) is 4.86. The molecule has 0 spiro atoms. The quantitative estimate of drug-likeness (QED) is 0.828. The highest BCUT2D eigenvalue weighted by atomic mass is 35.5. The molecule has 1 aliphatic heterocycles. The molecule has 2 rings (SSSR count). The minimum atomic E-state index is 0. The van der Waals surface area contributed by atoms with Crippen molar-refractivity contribution in [1.29, 1.82) is 0 Å². The monoisotopic (exact) mass is 339 g/mol. The summed E-state index contributed by atoms with van der Waals surface area (Å²) >= 11 is 5.87. The van der Waals surface area contributed by atoms with Gasteiger partial charge in [-0.25, -0.2) is 4.98 Å². The third kappa shape index (κ3) is 5.74. The lowest BCUT2D eigenvalue weighted by molar-refractivity contribution is 0.163. The molecule has 116 valence electrons. The Morgan fingerprint density at radius 1 is 1.30 bits per heavy atom. The molecule has 0 aliphatic carbocycles. The first-order chi connectivity index (χ1) is 8.81. The molecule has 6 heteroatoms. The summed E-state index contributed by atoms with van der Waals surface area (Å²) in [6.45, 7) is 6.66. The van der Waals surface area contributed by atoms with Gasteiger partial charge in [-0.1, -0.05) is 37.4 Å². The van der Waals surface area contributed by atoms with Gasteiger partial charge in [0.25, 0.3) is 0 Å². The molecule has 3 nitrogen and oxygen atoms in total. The average molecular weight is 341 g/mol. The molecule has 0 amide bonds. The van der Waals surface area contributed by atoms with Gasteiger partial charge in [0.1, 0.15) is 5.15 Å². The molecule has 0 unspecified atom stereocenters. The summed E-state index contributed by atoms with van der Waals surface area (Å²) in [6, 6.07) is 4.52. The van der Waals surface area contributed by atoms with Crippen molar-refractivity contribution in [3.05, 3.63) is 29.0 Å². The maximum atomic E-state index is 5.87. The molecule has 1 saturated heterocycles. The number of hydrogen-bond acceptors (Lipinski definition) is 3. The van der Waals surface area contributed by atoms with Crippen LogP contribution in [0.1, 0.15) is 37.8 Å². The zero-order chi connectivity index (χ0) is 12.8. The maximum absolute atomic E-state index is 5.87. The normalized spacial score (nSPS) is 16.9. The van der Waals surface area contributed by atoms with E-state index in [0.29, 0.717) is 11.2 Å². The lowest BCUT2D eigenvalue weighted by Crippen LogP contribution is -2.45. The Labute approximate surface area is 139 Å². The molecule has 1 aliphatic rings. The fraction of sp³-hybridized carbons (Fsp3) is 0.643. The predicted molar refractivity (Wildman–Crippen MR) is 90.5 cm³/mol. The summed E-state index contributed by atoms with van der Waals surface area (Å²) in [5.41, 5.74) is 1.30. The molecule has 1 aromatic heterocycles. The number of rotatable bonds is 5. The fourth-order valence-electron chi connectivity index (χ4n) is 2.54. The first-order valence-corrected chi connectivity index (χ1v) is 7.25. The van der Waals surface area contributed by atoms with E-state index in [1.165, 1.54) is 24.8 Å². The lowest BCUT2D eigenvalue weighted by Gasteiger charge is -2.35. The van der Waals surface area contributed by atoms with Crippen molar-refractivity contribution >= 4 is 36.4 Å². The highest BCUT2D eigenvalue weighted by Crippen LogP contribution is 2.26.